The molecule has 1 unspecified atom stereocenters. The second-order valence-corrected chi connectivity index (χ2v) is 22.9. The molecule has 3 aromatic carbocycles. The van der Waals surface area contributed by atoms with Crippen molar-refractivity contribution in [3.05, 3.63) is 105 Å². The molecule has 3 saturated heterocycles. The van der Waals surface area contributed by atoms with Gasteiger partial charge in [-0.2, -0.15) is 0 Å². The Kier molecular flexibility index (Phi) is 13.1. The molecule has 366 valence electrons. The highest BCUT2D eigenvalue weighted by molar-refractivity contribution is 6.31. The number of nitrogens with one attached hydrogen (secondary N) is 4. The number of ketones is 1. The third-order valence-electron chi connectivity index (χ3n) is 17.6. The molecule has 10 rings (SSSR count). The van der Waals surface area contributed by atoms with E-state index in [1.54, 1.807) is 24.3 Å². The van der Waals surface area contributed by atoms with E-state index in [2.05, 4.69) is 69.7 Å². The van der Waals surface area contributed by atoms with Crippen molar-refractivity contribution in [1.29, 1.82) is 0 Å². The van der Waals surface area contributed by atoms with Crippen LogP contribution in [0.25, 0.3) is 5.70 Å². The number of amides is 4. The van der Waals surface area contributed by atoms with Gasteiger partial charge in [0.2, 0.25) is 23.6 Å². The number of hydrogen-bond donors (Lipinski definition) is 4. The summed E-state index contributed by atoms with van der Waals surface area (Å²) in [6, 6.07) is 15.5. The van der Waals surface area contributed by atoms with Crippen LogP contribution in [0.1, 0.15) is 131 Å². The van der Waals surface area contributed by atoms with Crippen LogP contribution < -0.4 is 21.3 Å². The Morgan fingerprint density at radius 1 is 0.884 bits per heavy atom. The van der Waals surface area contributed by atoms with Gasteiger partial charge >= 0.3 is 0 Å². The maximum atomic E-state index is 16.5. The maximum Gasteiger partial charge on any atom is 0.249 e. The van der Waals surface area contributed by atoms with Crippen molar-refractivity contribution >= 4 is 64.0 Å². The molecule has 4 amide bonds. The predicted molar refractivity (Wildman–Crippen MR) is 266 cm³/mol. The zero-order valence-electron chi connectivity index (χ0n) is 39.9. The van der Waals surface area contributed by atoms with Crippen molar-refractivity contribution in [2.24, 2.45) is 23.2 Å². The van der Waals surface area contributed by atoms with Crippen molar-refractivity contribution in [3.8, 4) is 0 Å². The Balaban J connectivity index is 0.734. The molecule has 5 heterocycles. The van der Waals surface area contributed by atoms with Crippen molar-refractivity contribution in [1.82, 2.24) is 25.8 Å². The summed E-state index contributed by atoms with van der Waals surface area (Å²) in [6.45, 7) is 12.8. The van der Waals surface area contributed by atoms with Crippen LogP contribution in [0.2, 0.25) is 10.0 Å². The molecule has 0 radical (unpaired) electrons. The molecule has 7 aliphatic rings. The van der Waals surface area contributed by atoms with Gasteiger partial charge in [0.05, 0.1) is 11.1 Å². The summed E-state index contributed by atoms with van der Waals surface area (Å²) < 4.78 is 16.5. The SMILES string of the molecule is C=C1c2cccc(CC3CCN(CCNC(=O)C4CCC(CC(=O)[C@@H]5NC6(CCC(C)(C)CC6)[C@@]6(C(=O)Nc7cc(Cl)ccc76)[C@H]5c5cccc(Cl)c5F)CC4)CC3)c2CN1C1CCC(=O)NC1=O. The van der Waals surface area contributed by atoms with Crippen LogP contribution in [-0.4, -0.2) is 83.0 Å². The zero-order chi connectivity index (χ0) is 48.4. The molecule has 3 aromatic rings. The summed E-state index contributed by atoms with van der Waals surface area (Å²) in [7, 11) is 0. The molecule has 2 aliphatic carbocycles. The first kappa shape index (κ1) is 48.0. The lowest BCUT2D eigenvalue weighted by Crippen LogP contribution is -2.61. The van der Waals surface area contributed by atoms with E-state index in [0.29, 0.717) is 68.2 Å². The second-order valence-electron chi connectivity index (χ2n) is 22.1. The van der Waals surface area contributed by atoms with E-state index in [-0.39, 0.29) is 69.7 Å². The smallest absolute Gasteiger partial charge is 0.249 e. The Morgan fingerprint density at radius 3 is 2.36 bits per heavy atom. The number of halogens is 3. The number of hydrogen-bond acceptors (Lipinski definition) is 8. The van der Waals surface area contributed by atoms with Crippen LogP contribution in [0.4, 0.5) is 10.1 Å². The summed E-state index contributed by atoms with van der Waals surface area (Å²) in [4.78, 5) is 72.3. The molecule has 14 heteroatoms. The van der Waals surface area contributed by atoms with E-state index in [1.807, 2.05) is 6.07 Å². The first-order chi connectivity index (χ1) is 33.1. The van der Waals surface area contributed by atoms with Gasteiger partial charge in [0.1, 0.15) is 17.3 Å². The lowest BCUT2D eigenvalue weighted by molar-refractivity contribution is -0.136. The van der Waals surface area contributed by atoms with Crippen LogP contribution in [0, 0.1) is 29.0 Å². The molecule has 4 N–H and O–H groups in total. The summed E-state index contributed by atoms with van der Waals surface area (Å²) in [6.07, 6.45) is 10.0. The van der Waals surface area contributed by atoms with Crippen molar-refractivity contribution in [2.75, 3.05) is 31.5 Å². The quantitative estimate of drug-likeness (QED) is 0.140. The van der Waals surface area contributed by atoms with Crippen LogP contribution in [0.15, 0.2) is 61.2 Å². The Bertz CT molecular complexity index is 2580. The van der Waals surface area contributed by atoms with Crippen LogP contribution in [0.5, 0.6) is 0 Å². The lowest BCUT2D eigenvalue weighted by atomic mass is 9.53. The number of fused-ring (bicyclic) bond motifs is 4. The molecule has 69 heavy (non-hydrogen) atoms. The molecule has 11 nitrogen and oxygen atoms in total. The van der Waals surface area contributed by atoms with Crippen molar-refractivity contribution < 1.29 is 28.4 Å². The molecular formula is C55H65Cl2FN6O5. The Morgan fingerprint density at radius 2 is 1.62 bits per heavy atom. The maximum absolute atomic E-state index is 16.5. The van der Waals surface area contributed by atoms with Crippen LogP contribution in [-0.2, 0) is 42.4 Å². The number of carbonyl (C=O) groups excluding carboxylic acids is 5. The largest absolute Gasteiger partial charge is 0.355 e. The summed E-state index contributed by atoms with van der Waals surface area (Å²) in [5.41, 5.74) is 4.03. The average molecular weight is 980 g/mol. The minimum Gasteiger partial charge on any atom is -0.355 e. The van der Waals surface area contributed by atoms with Gasteiger partial charge in [0.25, 0.3) is 0 Å². The molecule has 2 saturated carbocycles. The summed E-state index contributed by atoms with van der Waals surface area (Å²) in [5, 5.41) is 13.1. The fourth-order valence-corrected chi connectivity index (χ4v) is 14.0. The Labute approximate surface area is 415 Å². The van der Waals surface area contributed by atoms with E-state index >= 15 is 4.39 Å². The van der Waals surface area contributed by atoms with Gasteiger partial charge in [-0.3, -0.25) is 34.6 Å². The number of nitrogens with zero attached hydrogens (tertiary/aromatic N) is 2. The van der Waals surface area contributed by atoms with E-state index in [9.17, 15) is 24.0 Å². The first-order valence-corrected chi connectivity index (χ1v) is 26.1. The number of carbonyl (C=O) groups is 5. The Hall–Kier alpha value is -4.62. The van der Waals surface area contributed by atoms with E-state index < -0.39 is 28.7 Å². The lowest BCUT2D eigenvalue weighted by Gasteiger charge is -2.50. The topological polar surface area (TPSA) is 140 Å². The number of piperidine rings is 2. The molecule has 0 aromatic heterocycles. The van der Waals surface area contributed by atoms with Crippen LogP contribution >= 0.6 is 23.2 Å². The first-order valence-electron chi connectivity index (χ1n) is 25.3. The highest BCUT2D eigenvalue weighted by Gasteiger charge is 2.72. The summed E-state index contributed by atoms with van der Waals surface area (Å²) >= 11 is 13.0. The van der Waals surface area contributed by atoms with Gasteiger partial charge in [-0.05, 0) is 148 Å². The fraction of sp³-hybridized carbons (Fsp3) is 0.545. The third kappa shape index (κ3) is 8.73. The molecule has 2 spiro atoms. The van der Waals surface area contributed by atoms with Crippen LogP contribution in [0.3, 0.4) is 0 Å². The third-order valence-corrected chi connectivity index (χ3v) is 18.1. The molecule has 5 aliphatic heterocycles. The van der Waals surface area contributed by atoms with Gasteiger partial charge in [-0.25, -0.2) is 4.39 Å². The summed E-state index contributed by atoms with van der Waals surface area (Å²) in [5.74, 6) is -1.64. The number of likely N-dealkylation sites (tertiary alicyclic amines) is 1. The highest BCUT2D eigenvalue weighted by Crippen LogP contribution is 2.64. The number of benzene rings is 3. The fourth-order valence-electron chi connectivity index (χ4n) is 13.7. The molecule has 5 fully saturated rings. The monoisotopic (exact) mass is 978 g/mol. The van der Waals surface area contributed by atoms with Crippen molar-refractivity contribution in [2.45, 2.75) is 139 Å². The normalized spacial score (nSPS) is 28.7. The number of anilines is 1. The average Bonchev–Trinajstić information content (AvgIpc) is 3.93. The number of Topliss-reactive ketones (excluding diaryl/α,β-unsaturated/α-hetero) is 1. The van der Waals surface area contributed by atoms with Gasteiger partial charge in [-0.15, -0.1) is 0 Å². The zero-order valence-corrected chi connectivity index (χ0v) is 41.4. The highest BCUT2D eigenvalue weighted by atomic mass is 35.5. The minimum absolute atomic E-state index is 0.0395. The molecule has 4 atom stereocenters. The van der Waals surface area contributed by atoms with Gasteiger partial charge in [0.15, 0.2) is 5.78 Å². The number of imide groups is 1. The number of rotatable bonds is 11. The van der Waals surface area contributed by atoms with Crippen molar-refractivity contribution in [3.63, 3.8) is 0 Å². The van der Waals surface area contributed by atoms with E-state index in [1.165, 1.54) is 17.2 Å². The predicted octanol–water partition coefficient (Wildman–Crippen LogP) is 8.85. The molecule has 0 bridgehead atoms. The van der Waals surface area contributed by atoms with Gasteiger partial charge in [0, 0.05) is 71.8 Å². The second kappa shape index (κ2) is 18.9. The standard InChI is InChI=1S/C55H65Cl2FN6O5/c1-32-38-7-4-6-36(40(38)31-64(32)44-16-17-46(66)61-51(44)68)28-34-18-25-63(26-19-34)27-24-59-50(67)35-12-10-33(11-13-35)29-45(65)49-47(39-8-5-9-42(57)48(39)58)55(54(62-49)22-20-53(2,3)21-23-54)41-15-14-37(56)30-43(41)60-52(55)69/h4-9,14-15,30,33-35,44,47,49,62H,1,10-13,16-29,31H2,2-3H3,(H,59,67)(H,60,69)(H,61,66,68)/t33?,35?,44?,47-,49-,55+/m0/s1. The van der Waals surface area contributed by atoms with E-state index in [0.717, 1.165) is 81.4 Å². The minimum atomic E-state index is -1.29. The van der Waals surface area contributed by atoms with Gasteiger partial charge < -0.3 is 20.4 Å². The van der Waals surface area contributed by atoms with Gasteiger partial charge in [-0.1, -0.05) is 80.0 Å². The van der Waals surface area contributed by atoms with E-state index in [4.69, 9.17) is 23.2 Å². The molecular weight excluding hydrogens is 915 g/mol.